The molecule has 0 aliphatic heterocycles. The summed E-state index contributed by atoms with van der Waals surface area (Å²) in [6, 6.07) is 0. The Morgan fingerprint density at radius 3 is 2.08 bits per heavy atom. The van der Waals surface area contributed by atoms with Crippen LogP contribution in [-0.4, -0.2) is 51.4 Å². The fourth-order valence-electron chi connectivity index (χ4n) is 0.905. The molecular weight excluding hydrogens is 160 g/mol. The van der Waals surface area contributed by atoms with Crippen LogP contribution in [0.15, 0.2) is 0 Å². The fraction of sp³-hybridized carbons (Fsp3) is 1.00. The molecule has 0 saturated carbocycles. The van der Waals surface area contributed by atoms with Crippen LogP contribution in [0.1, 0.15) is 6.92 Å². The first-order valence-corrected chi connectivity index (χ1v) is 4.04. The Labute approximate surface area is 73.4 Å². The number of ether oxygens (including phenoxy) is 3. The lowest BCUT2D eigenvalue weighted by atomic mass is 10.2. The van der Waals surface area contributed by atoms with Gasteiger partial charge in [-0.2, -0.15) is 0 Å². The van der Waals surface area contributed by atoms with E-state index in [1.165, 1.54) is 0 Å². The van der Waals surface area contributed by atoms with E-state index in [0.29, 0.717) is 13.2 Å². The third-order valence-electron chi connectivity index (χ3n) is 1.69. The SMILES string of the molecule is CCOCC(OC)C(CO)OC. The van der Waals surface area contributed by atoms with Crippen LogP contribution in [0, 0.1) is 0 Å². The van der Waals surface area contributed by atoms with E-state index in [1.54, 1.807) is 14.2 Å². The van der Waals surface area contributed by atoms with Crippen molar-refractivity contribution in [2.75, 3.05) is 34.0 Å². The molecular formula is C8H18O4. The van der Waals surface area contributed by atoms with Gasteiger partial charge in [0.1, 0.15) is 12.2 Å². The van der Waals surface area contributed by atoms with Gasteiger partial charge in [-0.25, -0.2) is 0 Å². The zero-order chi connectivity index (χ0) is 9.40. The minimum atomic E-state index is -0.304. The topological polar surface area (TPSA) is 47.9 Å². The molecule has 0 bridgehead atoms. The number of rotatable bonds is 7. The first kappa shape index (κ1) is 11.8. The van der Waals surface area contributed by atoms with Gasteiger partial charge in [0.05, 0.1) is 13.2 Å². The second kappa shape index (κ2) is 7.49. The minimum Gasteiger partial charge on any atom is -0.394 e. The molecule has 0 fully saturated rings. The average Bonchev–Trinajstić information content (AvgIpc) is 2.12. The van der Waals surface area contributed by atoms with E-state index in [4.69, 9.17) is 19.3 Å². The van der Waals surface area contributed by atoms with Crippen LogP contribution in [0.3, 0.4) is 0 Å². The quantitative estimate of drug-likeness (QED) is 0.598. The van der Waals surface area contributed by atoms with E-state index < -0.39 is 0 Å². The van der Waals surface area contributed by atoms with Crippen molar-refractivity contribution >= 4 is 0 Å². The van der Waals surface area contributed by atoms with Crippen molar-refractivity contribution in [3.63, 3.8) is 0 Å². The number of aliphatic hydroxyl groups excluding tert-OH is 1. The van der Waals surface area contributed by atoms with Crippen molar-refractivity contribution in [1.29, 1.82) is 0 Å². The van der Waals surface area contributed by atoms with Crippen molar-refractivity contribution in [3.8, 4) is 0 Å². The molecule has 0 saturated heterocycles. The molecule has 0 aromatic carbocycles. The number of methoxy groups -OCH3 is 2. The maximum absolute atomic E-state index is 8.87. The van der Waals surface area contributed by atoms with Crippen LogP contribution in [0.2, 0.25) is 0 Å². The maximum Gasteiger partial charge on any atom is 0.109 e. The van der Waals surface area contributed by atoms with Gasteiger partial charge in [-0.3, -0.25) is 0 Å². The molecule has 0 aliphatic rings. The highest BCUT2D eigenvalue weighted by Crippen LogP contribution is 2.02. The van der Waals surface area contributed by atoms with Crippen LogP contribution in [0.4, 0.5) is 0 Å². The highest BCUT2D eigenvalue weighted by Gasteiger charge is 2.19. The van der Waals surface area contributed by atoms with Crippen molar-refractivity contribution < 1.29 is 19.3 Å². The Hall–Kier alpha value is -0.160. The second-order valence-corrected chi connectivity index (χ2v) is 2.39. The lowest BCUT2D eigenvalue weighted by Gasteiger charge is -2.22. The maximum atomic E-state index is 8.87. The second-order valence-electron chi connectivity index (χ2n) is 2.39. The summed E-state index contributed by atoms with van der Waals surface area (Å²) in [5.41, 5.74) is 0. The summed E-state index contributed by atoms with van der Waals surface area (Å²) in [7, 11) is 3.12. The molecule has 2 atom stereocenters. The Morgan fingerprint density at radius 1 is 1.17 bits per heavy atom. The molecule has 12 heavy (non-hydrogen) atoms. The summed E-state index contributed by atoms with van der Waals surface area (Å²) in [5, 5.41) is 8.87. The van der Waals surface area contributed by atoms with E-state index in [0.717, 1.165) is 0 Å². The van der Waals surface area contributed by atoms with Gasteiger partial charge in [0, 0.05) is 20.8 Å². The predicted molar refractivity (Wildman–Crippen MR) is 45.2 cm³/mol. The summed E-state index contributed by atoms with van der Waals surface area (Å²) in [5.74, 6) is 0. The van der Waals surface area contributed by atoms with Gasteiger partial charge in [0.2, 0.25) is 0 Å². The average molecular weight is 178 g/mol. The fourth-order valence-corrected chi connectivity index (χ4v) is 0.905. The van der Waals surface area contributed by atoms with E-state index in [2.05, 4.69) is 0 Å². The molecule has 4 nitrogen and oxygen atoms in total. The normalized spacial score (nSPS) is 16.0. The predicted octanol–water partition coefficient (Wildman–Crippen LogP) is 0.0452. The van der Waals surface area contributed by atoms with Gasteiger partial charge in [0.15, 0.2) is 0 Å². The number of hydrogen-bond donors (Lipinski definition) is 1. The summed E-state index contributed by atoms with van der Waals surface area (Å²) < 4.78 is 15.2. The summed E-state index contributed by atoms with van der Waals surface area (Å²) in [6.45, 7) is 2.95. The molecule has 2 unspecified atom stereocenters. The summed E-state index contributed by atoms with van der Waals surface area (Å²) >= 11 is 0. The molecule has 0 rings (SSSR count). The van der Waals surface area contributed by atoms with Crippen molar-refractivity contribution in [3.05, 3.63) is 0 Å². The zero-order valence-electron chi connectivity index (χ0n) is 7.95. The molecule has 0 heterocycles. The standard InChI is InChI=1S/C8H18O4/c1-4-12-6-8(11-3)7(5-9)10-2/h7-9H,4-6H2,1-3H3. The minimum absolute atomic E-state index is 0.0535. The van der Waals surface area contributed by atoms with E-state index >= 15 is 0 Å². The van der Waals surface area contributed by atoms with E-state index in [-0.39, 0.29) is 18.8 Å². The largest absolute Gasteiger partial charge is 0.394 e. The van der Waals surface area contributed by atoms with Crippen LogP contribution in [0.25, 0.3) is 0 Å². The van der Waals surface area contributed by atoms with Gasteiger partial charge >= 0.3 is 0 Å². The van der Waals surface area contributed by atoms with Crippen LogP contribution in [-0.2, 0) is 14.2 Å². The molecule has 0 spiro atoms. The van der Waals surface area contributed by atoms with Crippen LogP contribution in [0.5, 0.6) is 0 Å². The lowest BCUT2D eigenvalue weighted by molar-refractivity contribution is -0.0904. The van der Waals surface area contributed by atoms with E-state index in [9.17, 15) is 0 Å². The summed E-state index contributed by atoms with van der Waals surface area (Å²) in [6.07, 6.45) is -0.499. The molecule has 0 radical (unpaired) electrons. The first-order valence-electron chi connectivity index (χ1n) is 4.04. The molecule has 0 aromatic rings. The summed E-state index contributed by atoms with van der Waals surface area (Å²) in [4.78, 5) is 0. The third kappa shape index (κ3) is 4.01. The molecule has 0 aliphatic carbocycles. The van der Waals surface area contributed by atoms with Crippen molar-refractivity contribution in [1.82, 2.24) is 0 Å². The molecule has 0 aromatic heterocycles. The van der Waals surface area contributed by atoms with Crippen LogP contribution >= 0.6 is 0 Å². The molecule has 4 heteroatoms. The number of hydrogen-bond acceptors (Lipinski definition) is 4. The Morgan fingerprint density at radius 2 is 1.75 bits per heavy atom. The first-order chi connectivity index (χ1) is 5.79. The Balaban J connectivity index is 3.75. The zero-order valence-corrected chi connectivity index (χ0v) is 7.95. The van der Waals surface area contributed by atoms with E-state index in [1.807, 2.05) is 6.92 Å². The highest BCUT2D eigenvalue weighted by molar-refractivity contribution is 4.68. The van der Waals surface area contributed by atoms with Gasteiger partial charge in [0.25, 0.3) is 0 Å². The molecule has 1 N–H and O–H groups in total. The lowest BCUT2D eigenvalue weighted by Crippen LogP contribution is -2.36. The Bertz CT molecular complexity index is 93.1. The van der Waals surface area contributed by atoms with Crippen molar-refractivity contribution in [2.45, 2.75) is 19.1 Å². The monoisotopic (exact) mass is 178 g/mol. The van der Waals surface area contributed by atoms with Gasteiger partial charge in [-0.15, -0.1) is 0 Å². The van der Waals surface area contributed by atoms with Gasteiger partial charge < -0.3 is 19.3 Å². The Kier molecular flexibility index (Phi) is 7.39. The van der Waals surface area contributed by atoms with Gasteiger partial charge in [-0.1, -0.05) is 0 Å². The van der Waals surface area contributed by atoms with Gasteiger partial charge in [-0.05, 0) is 6.92 Å². The highest BCUT2D eigenvalue weighted by atomic mass is 16.6. The smallest absolute Gasteiger partial charge is 0.109 e. The molecule has 74 valence electrons. The molecule has 0 amide bonds. The van der Waals surface area contributed by atoms with Crippen LogP contribution < -0.4 is 0 Å². The van der Waals surface area contributed by atoms with Crippen molar-refractivity contribution in [2.24, 2.45) is 0 Å². The third-order valence-corrected chi connectivity index (χ3v) is 1.69. The number of aliphatic hydroxyl groups is 1.